The number of benzene rings is 1. The fourth-order valence-corrected chi connectivity index (χ4v) is 1.88. The summed E-state index contributed by atoms with van der Waals surface area (Å²) in [4.78, 5) is 14.8. The second-order valence-corrected chi connectivity index (χ2v) is 4.43. The first-order chi connectivity index (χ1) is 10.1. The van der Waals surface area contributed by atoms with Crippen molar-refractivity contribution in [2.24, 2.45) is 0 Å². The lowest BCUT2D eigenvalue weighted by atomic mass is 10.1. The van der Waals surface area contributed by atoms with Gasteiger partial charge in [-0.15, -0.1) is 0 Å². The molecule has 1 heterocycles. The molecule has 0 aliphatic rings. The molecule has 0 saturated heterocycles. The predicted octanol–water partition coefficient (Wildman–Crippen LogP) is 2.37. The van der Waals surface area contributed by atoms with Crippen molar-refractivity contribution in [2.75, 3.05) is 18.9 Å². The van der Waals surface area contributed by atoms with E-state index in [1.54, 1.807) is 19.2 Å². The van der Waals surface area contributed by atoms with Crippen LogP contribution in [-0.2, 0) is 6.42 Å². The lowest BCUT2D eigenvalue weighted by molar-refractivity contribution is 0.0963. The van der Waals surface area contributed by atoms with E-state index in [2.05, 4.69) is 15.6 Å². The molecule has 1 amide bonds. The zero-order chi connectivity index (χ0) is 15.2. The predicted molar refractivity (Wildman–Crippen MR) is 76.2 cm³/mol. The fourth-order valence-electron chi connectivity index (χ4n) is 1.88. The van der Waals surface area contributed by atoms with Gasteiger partial charge in [-0.3, -0.25) is 9.78 Å². The van der Waals surface area contributed by atoms with Crippen LogP contribution in [0.25, 0.3) is 0 Å². The minimum atomic E-state index is -0.718. The highest BCUT2D eigenvalue weighted by Crippen LogP contribution is 2.16. The third-order valence-electron chi connectivity index (χ3n) is 3.01. The van der Waals surface area contributed by atoms with Gasteiger partial charge in [0.2, 0.25) is 0 Å². The average Bonchev–Trinajstić information content (AvgIpc) is 2.50. The third-order valence-corrected chi connectivity index (χ3v) is 3.01. The van der Waals surface area contributed by atoms with Gasteiger partial charge in [0.05, 0.1) is 12.4 Å². The van der Waals surface area contributed by atoms with Gasteiger partial charge in [-0.25, -0.2) is 8.78 Å². The quantitative estimate of drug-likeness (QED) is 0.889. The number of nitrogens with zero attached hydrogens (tertiary/aromatic N) is 1. The second kappa shape index (κ2) is 6.78. The number of carbonyl (C=O) groups is 1. The SMILES string of the molecule is CNC(=O)c1ccc(CCNc2c(F)cncc2F)cc1. The van der Waals surface area contributed by atoms with Crippen molar-refractivity contribution in [1.82, 2.24) is 10.3 Å². The molecule has 0 aliphatic carbocycles. The van der Waals surface area contributed by atoms with E-state index in [1.165, 1.54) is 0 Å². The van der Waals surface area contributed by atoms with Crippen LogP contribution in [0.1, 0.15) is 15.9 Å². The van der Waals surface area contributed by atoms with Gasteiger partial charge < -0.3 is 10.6 Å². The first kappa shape index (κ1) is 14.9. The smallest absolute Gasteiger partial charge is 0.251 e. The van der Waals surface area contributed by atoms with E-state index in [0.717, 1.165) is 18.0 Å². The Bertz CT molecular complexity index is 609. The van der Waals surface area contributed by atoms with Crippen LogP contribution in [-0.4, -0.2) is 24.5 Å². The molecule has 2 N–H and O–H groups in total. The Hall–Kier alpha value is -2.50. The van der Waals surface area contributed by atoms with E-state index >= 15 is 0 Å². The molecular weight excluding hydrogens is 276 g/mol. The highest BCUT2D eigenvalue weighted by molar-refractivity contribution is 5.93. The first-order valence-electron chi connectivity index (χ1n) is 6.45. The molecule has 0 radical (unpaired) electrons. The van der Waals surface area contributed by atoms with Gasteiger partial charge in [0.1, 0.15) is 5.69 Å². The van der Waals surface area contributed by atoms with E-state index in [1.807, 2.05) is 12.1 Å². The van der Waals surface area contributed by atoms with Crippen molar-refractivity contribution in [3.8, 4) is 0 Å². The first-order valence-corrected chi connectivity index (χ1v) is 6.45. The Morgan fingerprint density at radius 2 is 1.76 bits per heavy atom. The van der Waals surface area contributed by atoms with Gasteiger partial charge >= 0.3 is 0 Å². The molecule has 0 aliphatic heterocycles. The zero-order valence-corrected chi connectivity index (χ0v) is 11.5. The molecule has 2 aromatic rings. The molecule has 21 heavy (non-hydrogen) atoms. The number of anilines is 1. The van der Waals surface area contributed by atoms with Crippen LogP contribution < -0.4 is 10.6 Å². The summed E-state index contributed by atoms with van der Waals surface area (Å²) >= 11 is 0. The van der Waals surface area contributed by atoms with E-state index in [-0.39, 0.29) is 11.6 Å². The number of pyridine rings is 1. The van der Waals surface area contributed by atoms with Crippen molar-refractivity contribution >= 4 is 11.6 Å². The summed E-state index contributed by atoms with van der Waals surface area (Å²) in [6, 6.07) is 7.04. The topological polar surface area (TPSA) is 54.0 Å². The van der Waals surface area contributed by atoms with Crippen molar-refractivity contribution in [1.29, 1.82) is 0 Å². The number of hydrogen-bond donors (Lipinski definition) is 2. The largest absolute Gasteiger partial charge is 0.380 e. The van der Waals surface area contributed by atoms with Gasteiger partial charge in [-0.05, 0) is 24.1 Å². The van der Waals surface area contributed by atoms with E-state index in [9.17, 15) is 13.6 Å². The number of amides is 1. The van der Waals surface area contributed by atoms with Crippen molar-refractivity contribution in [3.63, 3.8) is 0 Å². The summed E-state index contributed by atoms with van der Waals surface area (Å²) < 4.78 is 26.7. The summed E-state index contributed by atoms with van der Waals surface area (Å²) in [5, 5.41) is 5.25. The van der Waals surface area contributed by atoms with Gasteiger partial charge in [0.25, 0.3) is 5.91 Å². The normalized spacial score (nSPS) is 10.2. The molecular formula is C15H15F2N3O. The lowest BCUT2D eigenvalue weighted by Crippen LogP contribution is -2.17. The van der Waals surface area contributed by atoms with Crippen molar-refractivity contribution in [3.05, 3.63) is 59.4 Å². The highest BCUT2D eigenvalue weighted by atomic mass is 19.1. The molecule has 1 aromatic heterocycles. The van der Waals surface area contributed by atoms with Crippen LogP contribution >= 0.6 is 0 Å². The molecule has 4 nitrogen and oxygen atoms in total. The van der Waals surface area contributed by atoms with E-state index in [4.69, 9.17) is 0 Å². The van der Waals surface area contributed by atoms with Crippen molar-refractivity contribution in [2.45, 2.75) is 6.42 Å². The monoisotopic (exact) mass is 291 g/mol. The molecule has 1 aromatic carbocycles. The molecule has 2 rings (SSSR count). The minimum absolute atomic E-state index is 0.152. The summed E-state index contributed by atoms with van der Waals surface area (Å²) in [5.74, 6) is -1.59. The molecule has 0 spiro atoms. The Morgan fingerprint density at radius 3 is 2.33 bits per heavy atom. The lowest BCUT2D eigenvalue weighted by Gasteiger charge is -2.08. The molecule has 0 unspecified atom stereocenters. The summed E-state index contributed by atoms with van der Waals surface area (Å²) in [6.45, 7) is 0.372. The molecule has 0 fully saturated rings. The van der Waals surface area contributed by atoms with Gasteiger partial charge in [-0.1, -0.05) is 12.1 Å². The Morgan fingerprint density at radius 1 is 1.14 bits per heavy atom. The maximum absolute atomic E-state index is 13.3. The highest BCUT2D eigenvalue weighted by Gasteiger charge is 2.08. The summed E-state index contributed by atoms with van der Waals surface area (Å²) in [7, 11) is 1.57. The number of aromatic nitrogens is 1. The van der Waals surface area contributed by atoms with Gasteiger partial charge in [-0.2, -0.15) is 0 Å². The number of rotatable bonds is 5. The Balaban J connectivity index is 1.93. The van der Waals surface area contributed by atoms with Crippen LogP contribution in [0.4, 0.5) is 14.5 Å². The zero-order valence-electron chi connectivity index (χ0n) is 11.5. The van der Waals surface area contributed by atoms with Gasteiger partial charge in [0.15, 0.2) is 11.6 Å². The molecule has 0 saturated carbocycles. The van der Waals surface area contributed by atoms with E-state index < -0.39 is 11.6 Å². The standard InChI is InChI=1S/C15H15F2N3O/c1-18-15(21)11-4-2-10(3-5-11)6-7-20-14-12(16)8-19-9-13(14)17/h2-5,8-9H,6-7H2,1H3,(H,18,21)(H,19,20). The molecule has 0 atom stereocenters. The van der Waals surface area contributed by atoms with Crippen LogP contribution in [0.15, 0.2) is 36.7 Å². The third kappa shape index (κ3) is 3.75. The number of hydrogen-bond acceptors (Lipinski definition) is 3. The maximum atomic E-state index is 13.3. The number of nitrogens with one attached hydrogen (secondary N) is 2. The van der Waals surface area contributed by atoms with Crippen LogP contribution in [0.5, 0.6) is 0 Å². The summed E-state index contributed by atoms with van der Waals surface area (Å²) in [6.07, 6.45) is 2.50. The molecule has 110 valence electrons. The Kier molecular flexibility index (Phi) is 4.81. The second-order valence-electron chi connectivity index (χ2n) is 4.43. The number of carbonyl (C=O) groups excluding carboxylic acids is 1. The number of halogens is 2. The van der Waals surface area contributed by atoms with Crippen LogP contribution in [0, 0.1) is 11.6 Å². The van der Waals surface area contributed by atoms with Crippen LogP contribution in [0.2, 0.25) is 0 Å². The van der Waals surface area contributed by atoms with E-state index in [0.29, 0.717) is 18.5 Å². The Labute approximate surface area is 121 Å². The fraction of sp³-hybridized carbons (Fsp3) is 0.200. The molecule has 6 heteroatoms. The summed E-state index contributed by atoms with van der Waals surface area (Å²) in [5.41, 5.74) is 1.36. The maximum Gasteiger partial charge on any atom is 0.251 e. The average molecular weight is 291 g/mol. The van der Waals surface area contributed by atoms with Gasteiger partial charge in [0, 0.05) is 19.2 Å². The minimum Gasteiger partial charge on any atom is -0.380 e. The van der Waals surface area contributed by atoms with Crippen molar-refractivity contribution < 1.29 is 13.6 Å². The molecule has 0 bridgehead atoms. The van der Waals surface area contributed by atoms with Crippen LogP contribution in [0.3, 0.4) is 0 Å².